The number of nitrogens with one attached hydrogen (secondary N) is 1. The first-order valence-corrected chi connectivity index (χ1v) is 9.22. The molecular weight excluding hydrogens is 344 g/mol. The van der Waals surface area contributed by atoms with Gasteiger partial charge in [0.2, 0.25) is 0 Å². The Labute approximate surface area is 150 Å². The molecule has 6 heteroatoms. The number of para-hydroxylation sites is 1. The smallest absolute Gasteiger partial charge is 0.286 e. The van der Waals surface area contributed by atoms with Crippen LogP contribution in [-0.2, 0) is 9.53 Å². The zero-order valence-corrected chi connectivity index (χ0v) is 14.7. The highest BCUT2D eigenvalue weighted by atomic mass is 35.5. The van der Waals surface area contributed by atoms with Crippen molar-refractivity contribution in [3.63, 3.8) is 0 Å². The Kier molecular flexibility index (Phi) is 4.50. The highest BCUT2D eigenvalue weighted by Gasteiger charge is 2.31. The number of amides is 1. The van der Waals surface area contributed by atoms with E-state index in [0.717, 1.165) is 47.5 Å². The molecule has 124 valence electrons. The molecule has 2 aliphatic rings. The first-order chi connectivity index (χ1) is 11.7. The van der Waals surface area contributed by atoms with Gasteiger partial charge in [0.05, 0.1) is 24.6 Å². The first-order valence-electron chi connectivity index (χ1n) is 8.03. The Morgan fingerprint density at radius 3 is 2.71 bits per heavy atom. The predicted molar refractivity (Wildman–Crippen MR) is 95.5 cm³/mol. The molecule has 0 atom stereocenters. The van der Waals surface area contributed by atoms with Crippen molar-refractivity contribution in [2.75, 3.05) is 37.7 Å². The van der Waals surface area contributed by atoms with E-state index >= 15 is 0 Å². The molecule has 0 saturated carbocycles. The van der Waals surface area contributed by atoms with E-state index in [4.69, 9.17) is 16.3 Å². The van der Waals surface area contributed by atoms with Gasteiger partial charge in [0, 0.05) is 14.8 Å². The predicted octanol–water partition coefficient (Wildman–Crippen LogP) is 2.38. The summed E-state index contributed by atoms with van der Waals surface area (Å²) in [4.78, 5) is 18.4. The van der Waals surface area contributed by atoms with Gasteiger partial charge < -0.3 is 9.64 Å². The maximum Gasteiger partial charge on any atom is 0.286 e. The minimum atomic E-state index is 0.100. The van der Waals surface area contributed by atoms with E-state index in [0.29, 0.717) is 11.6 Å². The van der Waals surface area contributed by atoms with E-state index in [1.54, 1.807) is 11.8 Å². The summed E-state index contributed by atoms with van der Waals surface area (Å²) in [6, 6.07) is 13.8. The molecule has 2 aromatic carbocycles. The van der Waals surface area contributed by atoms with Crippen molar-refractivity contribution in [2.24, 2.45) is 0 Å². The van der Waals surface area contributed by atoms with Crippen LogP contribution >= 0.6 is 23.4 Å². The van der Waals surface area contributed by atoms with E-state index < -0.39 is 0 Å². The second-order valence-corrected chi connectivity index (χ2v) is 7.47. The second-order valence-electron chi connectivity index (χ2n) is 5.95. The van der Waals surface area contributed by atoms with Gasteiger partial charge in [-0.15, -0.1) is 0 Å². The number of nitrogens with zero attached hydrogens (tertiary/aromatic N) is 1. The van der Waals surface area contributed by atoms with Gasteiger partial charge in [-0.05, 0) is 30.3 Å². The number of ether oxygens (including phenoxy) is 1. The monoisotopic (exact) mass is 361 g/mol. The van der Waals surface area contributed by atoms with Gasteiger partial charge in [-0.1, -0.05) is 35.5 Å². The molecule has 2 aromatic rings. The molecule has 0 unspecified atom stereocenters. The zero-order valence-electron chi connectivity index (χ0n) is 13.1. The number of anilines is 2. The van der Waals surface area contributed by atoms with Crippen LogP contribution in [0, 0.1) is 0 Å². The van der Waals surface area contributed by atoms with Gasteiger partial charge in [0.15, 0.2) is 6.54 Å². The van der Waals surface area contributed by atoms with Crippen LogP contribution in [0.5, 0.6) is 0 Å². The largest absolute Gasteiger partial charge is 0.370 e. The fourth-order valence-corrected chi connectivity index (χ4v) is 4.33. The lowest BCUT2D eigenvalue weighted by molar-refractivity contribution is -0.900. The van der Waals surface area contributed by atoms with Crippen LogP contribution in [0.3, 0.4) is 0 Å². The van der Waals surface area contributed by atoms with Crippen molar-refractivity contribution in [2.45, 2.75) is 9.79 Å². The Bertz CT molecular complexity index is 777. The average Bonchev–Trinajstić information content (AvgIpc) is 2.60. The fraction of sp³-hybridized carbons (Fsp3) is 0.278. The van der Waals surface area contributed by atoms with Crippen LogP contribution < -0.4 is 9.80 Å². The summed E-state index contributed by atoms with van der Waals surface area (Å²) in [5, 5.41) is 0.644. The zero-order chi connectivity index (χ0) is 16.5. The number of hydrogen-bond acceptors (Lipinski definition) is 3. The maximum absolute atomic E-state index is 13.1. The number of fused-ring (bicyclic) bond motifs is 2. The summed E-state index contributed by atoms with van der Waals surface area (Å²) < 4.78 is 5.39. The number of morpholine rings is 1. The summed E-state index contributed by atoms with van der Waals surface area (Å²) in [7, 11) is 0. The minimum Gasteiger partial charge on any atom is -0.370 e. The minimum absolute atomic E-state index is 0.100. The third-order valence-corrected chi connectivity index (χ3v) is 5.70. The van der Waals surface area contributed by atoms with Crippen molar-refractivity contribution < 1.29 is 14.4 Å². The molecule has 1 fully saturated rings. The number of halogens is 1. The lowest BCUT2D eigenvalue weighted by Gasteiger charge is -2.32. The Morgan fingerprint density at radius 2 is 1.88 bits per heavy atom. The summed E-state index contributed by atoms with van der Waals surface area (Å²) in [5.41, 5.74) is 1.82. The number of quaternary nitrogens is 1. The number of carbonyl (C=O) groups is 1. The molecule has 2 heterocycles. The highest BCUT2D eigenvalue weighted by molar-refractivity contribution is 7.99. The number of rotatable bonds is 2. The normalized spacial score (nSPS) is 17.3. The number of benzene rings is 2. The lowest BCUT2D eigenvalue weighted by atomic mass is 10.2. The fourth-order valence-electron chi connectivity index (χ4n) is 3.13. The molecule has 4 rings (SSSR count). The molecule has 0 bridgehead atoms. The molecule has 24 heavy (non-hydrogen) atoms. The van der Waals surface area contributed by atoms with E-state index in [-0.39, 0.29) is 5.91 Å². The summed E-state index contributed by atoms with van der Waals surface area (Å²) in [6.45, 7) is 3.65. The quantitative estimate of drug-likeness (QED) is 0.891. The molecule has 0 aromatic heterocycles. The molecule has 4 nitrogen and oxygen atoms in total. The second kappa shape index (κ2) is 6.76. The van der Waals surface area contributed by atoms with Crippen LogP contribution in [0.15, 0.2) is 52.3 Å². The molecular formula is C18H18ClN2O2S+. The van der Waals surface area contributed by atoms with Crippen molar-refractivity contribution in [3.8, 4) is 0 Å². The Morgan fingerprint density at radius 1 is 1.12 bits per heavy atom. The lowest BCUT2D eigenvalue weighted by Crippen LogP contribution is -3.15. The standard InChI is InChI=1S/C18H17ClN2O2S/c19-13-5-6-17-15(11-13)21(14-3-1-2-4-16(14)24-17)18(22)12-20-7-9-23-10-8-20/h1-6,11H,7-10,12H2/p+1. The van der Waals surface area contributed by atoms with Gasteiger partial charge in [0.1, 0.15) is 13.1 Å². The summed E-state index contributed by atoms with van der Waals surface area (Å²) in [5.74, 6) is 0.100. The maximum atomic E-state index is 13.1. The van der Waals surface area contributed by atoms with Gasteiger partial charge in [-0.3, -0.25) is 9.69 Å². The third kappa shape index (κ3) is 3.05. The van der Waals surface area contributed by atoms with Crippen LogP contribution in [0.4, 0.5) is 11.4 Å². The van der Waals surface area contributed by atoms with E-state index in [1.807, 2.05) is 41.3 Å². The van der Waals surface area contributed by atoms with Crippen molar-refractivity contribution in [1.82, 2.24) is 0 Å². The Balaban J connectivity index is 1.70. The topological polar surface area (TPSA) is 34.0 Å². The van der Waals surface area contributed by atoms with Gasteiger partial charge in [0.25, 0.3) is 5.91 Å². The van der Waals surface area contributed by atoms with Gasteiger partial charge in [-0.2, -0.15) is 0 Å². The van der Waals surface area contributed by atoms with E-state index in [2.05, 4.69) is 6.07 Å². The summed E-state index contributed by atoms with van der Waals surface area (Å²) >= 11 is 7.88. The molecule has 2 aliphatic heterocycles. The van der Waals surface area contributed by atoms with E-state index in [1.165, 1.54) is 4.90 Å². The molecule has 0 spiro atoms. The van der Waals surface area contributed by atoms with E-state index in [9.17, 15) is 4.79 Å². The highest BCUT2D eigenvalue weighted by Crippen LogP contribution is 2.48. The molecule has 1 amide bonds. The van der Waals surface area contributed by atoms with Crippen LogP contribution in [0.1, 0.15) is 0 Å². The Hall–Kier alpha value is -1.53. The molecule has 1 N–H and O–H groups in total. The molecule has 1 saturated heterocycles. The van der Waals surface area contributed by atoms with Crippen molar-refractivity contribution in [1.29, 1.82) is 0 Å². The number of hydrogen-bond donors (Lipinski definition) is 1. The van der Waals surface area contributed by atoms with Crippen LogP contribution in [-0.4, -0.2) is 38.8 Å². The first kappa shape index (κ1) is 16.0. The average molecular weight is 362 g/mol. The van der Waals surface area contributed by atoms with Crippen molar-refractivity contribution in [3.05, 3.63) is 47.5 Å². The van der Waals surface area contributed by atoms with Crippen LogP contribution in [0.2, 0.25) is 5.02 Å². The van der Waals surface area contributed by atoms with Gasteiger partial charge >= 0.3 is 0 Å². The molecule has 0 radical (unpaired) electrons. The van der Waals surface area contributed by atoms with Gasteiger partial charge in [-0.25, -0.2) is 0 Å². The molecule has 0 aliphatic carbocycles. The number of carbonyl (C=O) groups excluding carboxylic acids is 1. The van der Waals surface area contributed by atoms with Crippen LogP contribution in [0.25, 0.3) is 0 Å². The van der Waals surface area contributed by atoms with Crippen molar-refractivity contribution >= 4 is 40.6 Å². The third-order valence-electron chi connectivity index (χ3n) is 4.34. The summed E-state index contributed by atoms with van der Waals surface area (Å²) in [6.07, 6.45) is 0. The SMILES string of the molecule is O=C(C[NH+]1CCOCC1)N1c2ccccc2Sc2ccc(Cl)cc21.